The number of nitrogens with zero attached hydrogens (tertiary/aromatic N) is 1. The summed E-state index contributed by atoms with van der Waals surface area (Å²) in [5.74, 6) is 0. The molecule has 0 aliphatic heterocycles. The van der Waals surface area contributed by atoms with Gasteiger partial charge in [-0.1, -0.05) is 39.0 Å². The number of aryl methyl sites for hydroxylation is 1. The molecule has 1 heterocycles. The van der Waals surface area contributed by atoms with Crippen LogP contribution in [0, 0.1) is 6.92 Å². The van der Waals surface area contributed by atoms with Gasteiger partial charge in [0.1, 0.15) is 0 Å². The standard InChI is InChI=1S/C14H18N2/c1-9-8-12(15)10-6-5-7-11(13(10)16-9)14(2,3)4/h5-8H,1-4H3,(H2,15,16). The second kappa shape index (κ2) is 3.48. The van der Waals surface area contributed by atoms with Crippen molar-refractivity contribution in [3.05, 3.63) is 35.5 Å². The summed E-state index contributed by atoms with van der Waals surface area (Å²) in [7, 11) is 0. The molecule has 84 valence electrons. The van der Waals surface area contributed by atoms with Crippen LogP contribution in [0.2, 0.25) is 0 Å². The van der Waals surface area contributed by atoms with Crippen molar-refractivity contribution in [2.75, 3.05) is 5.73 Å². The summed E-state index contributed by atoms with van der Waals surface area (Å²) in [6.07, 6.45) is 0. The van der Waals surface area contributed by atoms with E-state index in [-0.39, 0.29) is 5.41 Å². The van der Waals surface area contributed by atoms with Crippen LogP contribution in [0.4, 0.5) is 5.69 Å². The van der Waals surface area contributed by atoms with E-state index in [1.54, 1.807) is 0 Å². The first kappa shape index (κ1) is 10.9. The van der Waals surface area contributed by atoms with Crippen molar-refractivity contribution in [1.29, 1.82) is 0 Å². The minimum atomic E-state index is 0.0900. The van der Waals surface area contributed by atoms with Crippen LogP contribution >= 0.6 is 0 Å². The number of hydrogen-bond donors (Lipinski definition) is 1. The highest BCUT2D eigenvalue weighted by Crippen LogP contribution is 2.31. The number of aromatic nitrogens is 1. The highest BCUT2D eigenvalue weighted by atomic mass is 14.7. The normalized spacial score (nSPS) is 12.0. The molecule has 0 radical (unpaired) electrons. The van der Waals surface area contributed by atoms with Crippen LogP contribution in [0.25, 0.3) is 10.9 Å². The van der Waals surface area contributed by atoms with E-state index in [2.05, 4.69) is 37.9 Å². The van der Waals surface area contributed by atoms with E-state index in [0.29, 0.717) is 0 Å². The lowest BCUT2D eigenvalue weighted by Crippen LogP contribution is -2.12. The third kappa shape index (κ3) is 1.75. The Hall–Kier alpha value is -1.57. The maximum atomic E-state index is 6.03. The molecule has 2 nitrogen and oxygen atoms in total. The lowest BCUT2D eigenvalue weighted by atomic mass is 9.85. The molecule has 0 spiro atoms. The highest BCUT2D eigenvalue weighted by molar-refractivity contribution is 5.92. The molecule has 2 N–H and O–H groups in total. The number of anilines is 1. The molecule has 1 aromatic heterocycles. The fourth-order valence-electron chi connectivity index (χ4n) is 2.01. The fourth-order valence-corrected chi connectivity index (χ4v) is 2.01. The van der Waals surface area contributed by atoms with E-state index in [4.69, 9.17) is 5.73 Å². The summed E-state index contributed by atoms with van der Waals surface area (Å²) >= 11 is 0. The number of pyridine rings is 1. The van der Waals surface area contributed by atoms with Gasteiger partial charge in [-0.25, -0.2) is 0 Å². The summed E-state index contributed by atoms with van der Waals surface area (Å²) < 4.78 is 0. The number of fused-ring (bicyclic) bond motifs is 1. The van der Waals surface area contributed by atoms with Crippen molar-refractivity contribution in [3.63, 3.8) is 0 Å². The molecule has 2 heteroatoms. The molecule has 0 amide bonds. The van der Waals surface area contributed by atoms with Crippen LogP contribution in [0.3, 0.4) is 0 Å². The third-order valence-corrected chi connectivity index (χ3v) is 2.81. The fraction of sp³-hybridized carbons (Fsp3) is 0.357. The Labute approximate surface area is 96.5 Å². The average molecular weight is 214 g/mol. The first-order chi connectivity index (χ1) is 7.39. The molecule has 0 saturated carbocycles. The van der Waals surface area contributed by atoms with Gasteiger partial charge in [0.15, 0.2) is 0 Å². The Kier molecular flexibility index (Phi) is 2.38. The SMILES string of the molecule is Cc1cc(N)c2cccc(C(C)(C)C)c2n1. The second-order valence-electron chi connectivity index (χ2n) is 5.30. The molecule has 0 fully saturated rings. The van der Waals surface area contributed by atoms with Crippen molar-refractivity contribution < 1.29 is 0 Å². The summed E-state index contributed by atoms with van der Waals surface area (Å²) in [5.41, 5.74) is 10.2. The number of nitrogen functional groups attached to an aromatic ring is 1. The number of para-hydroxylation sites is 1. The van der Waals surface area contributed by atoms with Crippen molar-refractivity contribution in [2.24, 2.45) is 0 Å². The molecule has 0 atom stereocenters. The van der Waals surface area contributed by atoms with E-state index in [0.717, 1.165) is 22.3 Å². The van der Waals surface area contributed by atoms with Crippen LogP contribution < -0.4 is 5.73 Å². The van der Waals surface area contributed by atoms with Crippen molar-refractivity contribution in [3.8, 4) is 0 Å². The summed E-state index contributed by atoms with van der Waals surface area (Å²) in [6, 6.07) is 8.14. The molecule has 2 rings (SSSR count). The van der Waals surface area contributed by atoms with Crippen LogP contribution in [-0.4, -0.2) is 4.98 Å². The molecule has 2 aromatic rings. The van der Waals surface area contributed by atoms with Gasteiger partial charge in [-0.15, -0.1) is 0 Å². The minimum absolute atomic E-state index is 0.0900. The monoisotopic (exact) mass is 214 g/mol. The first-order valence-electron chi connectivity index (χ1n) is 5.56. The highest BCUT2D eigenvalue weighted by Gasteiger charge is 2.18. The lowest BCUT2D eigenvalue weighted by Gasteiger charge is -2.21. The van der Waals surface area contributed by atoms with E-state index in [1.165, 1.54) is 5.56 Å². The van der Waals surface area contributed by atoms with Gasteiger partial charge in [0, 0.05) is 16.8 Å². The molecule has 0 aliphatic rings. The Morgan fingerprint density at radius 1 is 1.19 bits per heavy atom. The predicted molar refractivity (Wildman–Crippen MR) is 69.6 cm³/mol. The Balaban J connectivity index is 2.87. The topological polar surface area (TPSA) is 38.9 Å². The lowest BCUT2D eigenvalue weighted by molar-refractivity contribution is 0.594. The second-order valence-corrected chi connectivity index (χ2v) is 5.30. The minimum Gasteiger partial charge on any atom is -0.398 e. The molecule has 1 aromatic carbocycles. The first-order valence-corrected chi connectivity index (χ1v) is 5.56. The van der Waals surface area contributed by atoms with Gasteiger partial charge in [0.05, 0.1) is 5.52 Å². The van der Waals surface area contributed by atoms with Crippen molar-refractivity contribution >= 4 is 16.6 Å². The summed E-state index contributed by atoms with van der Waals surface area (Å²) in [6.45, 7) is 8.57. The number of hydrogen-bond acceptors (Lipinski definition) is 2. The zero-order chi connectivity index (χ0) is 11.9. The molecule has 16 heavy (non-hydrogen) atoms. The molecular formula is C14H18N2. The Morgan fingerprint density at radius 2 is 1.88 bits per heavy atom. The number of nitrogens with two attached hydrogens (primary N) is 1. The smallest absolute Gasteiger partial charge is 0.0763 e. The number of benzene rings is 1. The van der Waals surface area contributed by atoms with Crippen LogP contribution in [0.1, 0.15) is 32.0 Å². The Morgan fingerprint density at radius 3 is 2.50 bits per heavy atom. The number of rotatable bonds is 0. The largest absolute Gasteiger partial charge is 0.398 e. The molecular weight excluding hydrogens is 196 g/mol. The third-order valence-electron chi connectivity index (χ3n) is 2.81. The van der Waals surface area contributed by atoms with Crippen LogP contribution in [0.15, 0.2) is 24.3 Å². The summed E-state index contributed by atoms with van der Waals surface area (Å²) in [5, 5.41) is 1.05. The molecule has 0 aliphatic carbocycles. The van der Waals surface area contributed by atoms with Gasteiger partial charge >= 0.3 is 0 Å². The van der Waals surface area contributed by atoms with Gasteiger partial charge in [-0.05, 0) is 24.0 Å². The maximum absolute atomic E-state index is 6.03. The van der Waals surface area contributed by atoms with Crippen LogP contribution in [0.5, 0.6) is 0 Å². The van der Waals surface area contributed by atoms with E-state index in [1.807, 2.05) is 19.1 Å². The van der Waals surface area contributed by atoms with Gasteiger partial charge in [-0.3, -0.25) is 4.98 Å². The van der Waals surface area contributed by atoms with Gasteiger partial charge in [0.2, 0.25) is 0 Å². The van der Waals surface area contributed by atoms with Gasteiger partial charge < -0.3 is 5.73 Å². The van der Waals surface area contributed by atoms with Crippen LogP contribution in [-0.2, 0) is 5.41 Å². The van der Waals surface area contributed by atoms with Gasteiger partial charge in [-0.2, -0.15) is 0 Å². The Bertz CT molecular complexity index is 536. The van der Waals surface area contributed by atoms with Crippen molar-refractivity contribution in [1.82, 2.24) is 4.98 Å². The zero-order valence-corrected chi connectivity index (χ0v) is 10.3. The molecule has 0 saturated heterocycles. The van der Waals surface area contributed by atoms with E-state index < -0.39 is 0 Å². The molecule has 0 unspecified atom stereocenters. The average Bonchev–Trinajstić information content (AvgIpc) is 2.15. The molecule has 0 bridgehead atoms. The predicted octanol–water partition coefficient (Wildman–Crippen LogP) is 3.42. The maximum Gasteiger partial charge on any atom is 0.0763 e. The quantitative estimate of drug-likeness (QED) is 0.729. The van der Waals surface area contributed by atoms with E-state index >= 15 is 0 Å². The van der Waals surface area contributed by atoms with E-state index in [9.17, 15) is 0 Å². The summed E-state index contributed by atoms with van der Waals surface area (Å²) in [4.78, 5) is 4.62. The zero-order valence-electron chi connectivity index (χ0n) is 10.3. The van der Waals surface area contributed by atoms with Crippen molar-refractivity contribution in [2.45, 2.75) is 33.1 Å². The van der Waals surface area contributed by atoms with Gasteiger partial charge in [0.25, 0.3) is 0 Å².